The van der Waals surface area contributed by atoms with Gasteiger partial charge in [-0.1, -0.05) is 31.5 Å². The minimum Gasteiger partial charge on any atom is -0.354 e. The second kappa shape index (κ2) is 7.67. The molecule has 1 saturated heterocycles. The molecule has 0 radical (unpaired) electrons. The summed E-state index contributed by atoms with van der Waals surface area (Å²) in [6.07, 6.45) is 0. The van der Waals surface area contributed by atoms with Crippen LogP contribution in [-0.2, 0) is 6.54 Å². The Bertz CT molecular complexity index is 742. The van der Waals surface area contributed by atoms with E-state index in [1.54, 1.807) is 6.07 Å². The molecule has 0 aliphatic carbocycles. The van der Waals surface area contributed by atoms with E-state index >= 15 is 0 Å². The van der Waals surface area contributed by atoms with Gasteiger partial charge in [0.25, 0.3) is 0 Å². The lowest BCUT2D eigenvalue weighted by Crippen LogP contribution is -2.46. The van der Waals surface area contributed by atoms with Crippen LogP contribution >= 0.6 is 11.6 Å². The first-order chi connectivity index (χ1) is 11.9. The fourth-order valence-electron chi connectivity index (χ4n) is 3.02. The summed E-state index contributed by atoms with van der Waals surface area (Å²) in [5.74, 6) is 1.94. The quantitative estimate of drug-likeness (QED) is 0.822. The Morgan fingerprint density at radius 2 is 1.84 bits per heavy atom. The van der Waals surface area contributed by atoms with Gasteiger partial charge in [0.2, 0.25) is 0 Å². The fourth-order valence-corrected chi connectivity index (χ4v) is 3.25. The van der Waals surface area contributed by atoms with Gasteiger partial charge in [0.15, 0.2) is 0 Å². The van der Waals surface area contributed by atoms with Gasteiger partial charge < -0.3 is 4.90 Å². The Hall–Kier alpha value is -1.72. The molecular weight excluding hydrogens is 339 g/mol. The van der Waals surface area contributed by atoms with Gasteiger partial charge in [-0.2, -0.15) is 0 Å². The smallest absolute Gasteiger partial charge is 0.133 e. The standard InChI is InChI=1S/C19H24ClFN4/c1-13(2)19-22-14(3)10-18(23-19)25-8-6-24(7-9-25)12-15-4-5-16(21)11-17(15)20/h4-5,10-11,13H,6-9,12H2,1-3H3. The normalized spacial score (nSPS) is 15.8. The molecule has 0 saturated carbocycles. The van der Waals surface area contributed by atoms with Gasteiger partial charge >= 0.3 is 0 Å². The van der Waals surface area contributed by atoms with Gasteiger partial charge in [-0.05, 0) is 24.6 Å². The molecule has 134 valence electrons. The third-order valence-electron chi connectivity index (χ3n) is 4.48. The van der Waals surface area contributed by atoms with E-state index in [0.29, 0.717) is 10.9 Å². The van der Waals surface area contributed by atoms with Crippen LogP contribution in [0, 0.1) is 12.7 Å². The zero-order valence-corrected chi connectivity index (χ0v) is 15.7. The van der Waals surface area contributed by atoms with Crippen LogP contribution < -0.4 is 4.90 Å². The van der Waals surface area contributed by atoms with Gasteiger partial charge in [-0.15, -0.1) is 0 Å². The Labute approximate surface area is 153 Å². The maximum Gasteiger partial charge on any atom is 0.133 e. The van der Waals surface area contributed by atoms with Crippen molar-refractivity contribution in [3.63, 3.8) is 0 Å². The van der Waals surface area contributed by atoms with Gasteiger partial charge in [0, 0.05) is 55.4 Å². The van der Waals surface area contributed by atoms with Crippen LogP contribution in [0.4, 0.5) is 10.2 Å². The van der Waals surface area contributed by atoms with E-state index in [9.17, 15) is 4.39 Å². The number of rotatable bonds is 4. The molecule has 0 N–H and O–H groups in total. The zero-order chi connectivity index (χ0) is 18.0. The van der Waals surface area contributed by atoms with E-state index in [1.807, 2.05) is 6.92 Å². The van der Waals surface area contributed by atoms with Crippen LogP contribution in [0.3, 0.4) is 0 Å². The average Bonchev–Trinajstić information content (AvgIpc) is 2.57. The highest BCUT2D eigenvalue weighted by atomic mass is 35.5. The Balaban J connectivity index is 1.64. The molecule has 4 nitrogen and oxygen atoms in total. The van der Waals surface area contributed by atoms with Crippen molar-refractivity contribution in [1.82, 2.24) is 14.9 Å². The molecule has 2 aromatic rings. The van der Waals surface area contributed by atoms with E-state index in [0.717, 1.165) is 55.6 Å². The predicted molar refractivity (Wildman–Crippen MR) is 99.8 cm³/mol. The fraction of sp³-hybridized carbons (Fsp3) is 0.474. The van der Waals surface area contributed by atoms with E-state index < -0.39 is 0 Å². The maximum absolute atomic E-state index is 13.2. The van der Waals surface area contributed by atoms with Crippen LogP contribution in [0.25, 0.3) is 0 Å². The molecule has 6 heteroatoms. The van der Waals surface area contributed by atoms with Crippen LogP contribution in [0.15, 0.2) is 24.3 Å². The molecular formula is C19H24ClFN4. The molecule has 0 spiro atoms. The lowest BCUT2D eigenvalue weighted by atomic mass is 10.2. The molecule has 0 unspecified atom stereocenters. The topological polar surface area (TPSA) is 32.3 Å². The second-order valence-corrected chi connectivity index (χ2v) is 7.29. The average molecular weight is 363 g/mol. The number of hydrogen-bond acceptors (Lipinski definition) is 4. The number of anilines is 1. The van der Waals surface area contributed by atoms with E-state index in [4.69, 9.17) is 16.6 Å². The number of hydrogen-bond donors (Lipinski definition) is 0. The minimum absolute atomic E-state index is 0.293. The highest BCUT2D eigenvalue weighted by molar-refractivity contribution is 6.31. The SMILES string of the molecule is Cc1cc(N2CCN(Cc3ccc(F)cc3Cl)CC2)nc(C(C)C)n1. The number of aryl methyl sites for hydroxylation is 1. The summed E-state index contributed by atoms with van der Waals surface area (Å²) in [5, 5.41) is 0.496. The largest absolute Gasteiger partial charge is 0.354 e. The lowest BCUT2D eigenvalue weighted by molar-refractivity contribution is 0.249. The Morgan fingerprint density at radius 3 is 2.48 bits per heavy atom. The summed E-state index contributed by atoms with van der Waals surface area (Å²) in [6.45, 7) is 10.7. The van der Waals surface area contributed by atoms with Gasteiger partial charge in [-0.3, -0.25) is 4.90 Å². The van der Waals surface area contributed by atoms with Gasteiger partial charge in [0.05, 0.1) is 0 Å². The predicted octanol–water partition coefficient (Wildman–Crippen LogP) is 4.02. The van der Waals surface area contributed by atoms with Crippen molar-refractivity contribution in [3.8, 4) is 0 Å². The molecule has 1 aliphatic rings. The summed E-state index contributed by atoms with van der Waals surface area (Å²) < 4.78 is 13.2. The van der Waals surface area contributed by atoms with Crippen LogP contribution in [0.2, 0.25) is 5.02 Å². The molecule has 0 atom stereocenters. The number of nitrogens with zero attached hydrogens (tertiary/aromatic N) is 4. The van der Waals surface area contributed by atoms with Crippen molar-refractivity contribution in [2.45, 2.75) is 33.2 Å². The second-order valence-electron chi connectivity index (χ2n) is 6.88. The molecule has 2 heterocycles. The highest BCUT2D eigenvalue weighted by Crippen LogP contribution is 2.22. The van der Waals surface area contributed by atoms with Crippen LogP contribution in [-0.4, -0.2) is 41.0 Å². The van der Waals surface area contributed by atoms with Crippen molar-refractivity contribution in [2.75, 3.05) is 31.1 Å². The minimum atomic E-state index is -0.293. The van der Waals surface area contributed by atoms with Crippen molar-refractivity contribution in [1.29, 1.82) is 0 Å². The van der Waals surface area contributed by atoms with Gasteiger partial charge in [0.1, 0.15) is 17.5 Å². The number of piperazine rings is 1. The van der Waals surface area contributed by atoms with Gasteiger partial charge in [-0.25, -0.2) is 14.4 Å². The zero-order valence-electron chi connectivity index (χ0n) is 15.0. The first-order valence-corrected chi connectivity index (χ1v) is 9.07. The first-order valence-electron chi connectivity index (χ1n) is 8.69. The monoisotopic (exact) mass is 362 g/mol. The maximum atomic E-state index is 13.2. The molecule has 1 aliphatic heterocycles. The summed E-state index contributed by atoms with van der Waals surface area (Å²) >= 11 is 6.14. The van der Waals surface area contributed by atoms with Crippen molar-refractivity contribution in [2.24, 2.45) is 0 Å². The molecule has 0 bridgehead atoms. The summed E-state index contributed by atoms with van der Waals surface area (Å²) in [5.41, 5.74) is 1.98. The highest BCUT2D eigenvalue weighted by Gasteiger charge is 2.20. The summed E-state index contributed by atoms with van der Waals surface area (Å²) in [6, 6.07) is 6.67. The van der Waals surface area contributed by atoms with E-state index in [-0.39, 0.29) is 5.82 Å². The lowest BCUT2D eigenvalue weighted by Gasteiger charge is -2.35. The molecule has 3 rings (SSSR count). The number of halogens is 2. The third-order valence-corrected chi connectivity index (χ3v) is 4.83. The first kappa shape index (κ1) is 18.1. The molecule has 1 aromatic carbocycles. The molecule has 0 amide bonds. The van der Waals surface area contributed by atoms with Crippen molar-refractivity contribution >= 4 is 17.4 Å². The molecule has 25 heavy (non-hydrogen) atoms. The summed E-state index contributed by atoms with van der Waals surface area (Å²) in [4.78, 5) is 13.9. The number of aromatic nitrogens is 2. The van der Waals surface area contributed by atoms with Crippen LogP contribution in [0.1, 0.15) is 36.8 Å². The molecule has 1 aromatic heterocycles. The van der Waals surface area contributed by atoms with Crippen molar-refractivity contribution in [3.05, 3.63) is 52.2 Å². The third kappa shape index (κ3) is 4.47. The number of benzene rings is 1. The van der Waals surface area contributed by atoms with Crippen molar-refractivity contribution < 1.29 is 4.39 Å². The Kier molecular flexibility index (Phi) is 5.54. The Morgan fingerprint density at radius 1 is 1.12 bits per heavy atom. The molecule has 1 fully saturated rings. The summed E-state index contributed by atoms with van der Waals surface area (Å²) in [7, 11) is 0. The van der Waals surface area contributed by atoms with E-state index in [1.165, 1.54) is 12.1 Å². The van der Waals surface area contributed by atoms with Crippen LogP contribution in [0.5, 0.6) is 0 Å². The van der Waals surface area contributed by atoms with E-state index in [2.05, 4.69) is 34.7 Å².